The average molecular weight is 685 g/mol. The van der Waals surface area contributed by atoms with Crippen molar-refractivity contribution in [2.75, 3.05) is 9.80 Å². The first-order chi connectivity index (χ1) is 25.1. The number of hydrogen-bond donors (Lipinski definition) is 1. The van der Waals surface area contributed by atoms with Crippen molar-refractivity contribution in [2.24, 2.45) is 0 Å². The van der Waals surface area contributed by atoms with E-state index in [2.05, 4.69) is 172 Å². The second kappa shape index (κ2) is 16.2. The van der Waals surface area contributed by atoms with E-state index in [1.807, 2.05) is 0 Å². The minimum Gasteiger partial charge on any atom is -0.481 e. The lowest BCUT2D eigenvalue weighted by atomic mass is 9.98. The molecule has 6 rings (SSSR count). The van der Waals surface area contributed by atoms with Crippen molar-refractivity contribution in [3.05, 3.63) is 173 Å². The van der Waals surface area contributed by atoms with Crippen molar-refractivity contribution in [3.63, 3.8) is 0 Å². The van der Waals surface area contributed by atoms with Gasteiger partial charge in [0.25, 0.3) is 0 Å². The number of benzene rings is 6. The molecule has 0 heterocycles. The highest BCUT2D eigenvalue weighted by atomic mass is 16.4. The second-order valence-corrected chi connectivity index (χ2v) is 13.9. The van der Waals surface area contributed by atoms with Gasteiger partial charge in [0.05, 0.1) is 0 Å². The van der Waals surface area contributed by atoms with E-state index >= 15 is 0 Å². The number of carboxylic acids is 1. The van der Waals surface area contributed by atoms with Crippen LogP contribution < -0.4 is 9.80 Å². The Labute approximate surface area is 310 Å². The van der Waals surface area contributed by atoms with E-state index in [1.54, 1.807) is 0 Å². The van der Waals surface area contributed by atoms with Gasteiger partial charge in [-0.15, -0.1) is 0 Å². The van der Waals surface area contributed by atoms with Gasteiger partial charge in [0, 0.05) is 40.5 Å². The Kier molecular flexibility index (Phi) is 11.2. The molecule has 6 aromatic rings. The summed E-state index contributed by atoms with van der Waals surface area (Å²) in [7, 11) is 0. The van der Waals surface area contributed by atoms with Crippen molar-refractivity contribution in [2.45, 2.75) is 66.7 Å². The SMILES string of the molecule is [CH]CCc1ccc(N(c2ccc(C)cc2)c2ccc(-c3ccc(N(c4ccc(CCCC(=O)O)cc4)c4ccc(C)c(C)c4)c(C)c3)cc2C)cc1. The maximum Gasteiger partial charge on any atom is 0.303 e. The fourth-order valence-corrected chi connectivity index (χ4v) is 6.82. The average Bonchev–Trinajstić information content (AvgIpc) is 3.13. The standard InChI is InChI=1S/C48H48N2O2/c1-7-9-38-15-24-43(25-16-38)49(42-21-12-33(2)13-22-42)46-28-19-40(30-36(46)5)41-20-29-47(37(6)31-41)50(45-23-14-34(3)35(4)32-45)44-26-17-39(18-27-44)10-8-11-48(51)52/h1,12-32H,7-11H2,2-6H3,(H,51,52). The lowest BCUT2D eigenvalue weighted by Crippen LogP contribution is -2.12. The molecule has 0 unspecified atom stereocenters. The molecule has 2 radical (unpaired) electrons. The summed E-state index contributed by atoms with van der Waals surface area (Å²) >= 11 is 0. The van der Waals surface area contributed by atoms with Crippen LogP contribution in [0.5, 0.6) is 0 Å². The van der Waals surface area contributed by atoms with Crippen LogP contribution in [0, 0.1) is 41.5 Å². The quantitative estimate of drug-likeness (QED) is 0.131. The van der Waals surface area contributed by atoms with E-state index in [0.29, 0.717) is 12.8 Å². The lowest BCUT2D eigenvalue weighted by Gasteiger charge is -2.29. The topological polar surface area (TPSA) is 43.8 Å². The Balaban J connectivity index is 1.34. The van der Waals surface area contributed by atoms with Gasteiger partial charge in [-0.2, -0.15) is 0 Å². The maximum absolute atomic E-state index is 11.0. The molecular weight excluding hydrogens is 637 g/mol. The number of aryl methyl sites for hydroxylation is 7. The maximum atomic E-state index is 11.0. The molecule has 4 nitrogen and oxygen atoms in total. The fourth-order valence-electron chi connectivity index (χ4n) is 6.82. The van der Waals surface area contributed by atoms with Gasteiger partial charge in [0.1, 0.15) is 0 Å². The monoisotopic (exact) mass is 684 g/mol. The van der Waals surface area contributed by atoms with E-state index in [0.717, 1.165) is 58.1 Å². The highest BCUT2D eigenvalue weighted by molar-refractivity contribution is 5.83. The van der Waals surface area contributed by atoms with Crippen LogP contribution in [-0.4, -0.2) is 11.1 Å². The Morgan fingerprint density at radius 1 is 0.519 bits per heavy atom. The molecule has 4 heteroatoms. The summed E-state index contributed by atoms with van der Waals surface area (Å²) in [5.41, 5.74) is 17.4. The van der Waals surface area contributed by atoms with Crippen molar-refractivity contribution < 1.29 is 9.90 Å². The summed E-state index contributed by atoms with van der Waals surface area (Å²) in [5.74, 6) is -0.753. The fraction of sp³-hybridized carbons (Fsp3) is 0.208. The third kappa shape index (κ3) is 8.29. The molecule has 0 spiro atoms. The van der Waals surface area contributed by atoms with Crippen molar-refractivity contribution in [1.29, 1.82) is 0 Å². The van der Waals surface area contributed by atoms with E-state index in [-0.39, 0.29) is 6.42 Å². The van der Waals surface area contributed by atoms with Gasteiger partial charge < -0.3 is 14.9 Å². The third-order valence-electron chi connectivity index (χ3n) is 9.93. The van der Waals surface area contributed by atoms with E-state index < -0.39 is 5.97 Å². The number of carboxylic acid groups (broad SMARTS) is 1. The molecule has 262 valence electrons. The van der Waals surface area contributed by atoms with Gasteiger partial charge in [-0.3, -0.25) is 4.79 Å². The Bertz CT molecular complexity index is 2150. The third-order valence-corrected chi connectivity index (χ3v) is 9.93. The molecule has 0 saturated heterocycles. The molecule has 1 N–H and O–H groups in total. The predicted molar refractivity (Wildman–Crippen MR) is 218 cm³/mol. The highest BCUT2D eigenvalue weighted by Gasteiger charge is 2.18. The predicted octanol–water partition coefficient (Wildman–Crippen LogP) is 12.9. The molecule has 0 atom stereocenters. The molecule has 0 aromatic heterocycles. The van der Waals surface area contributed by atoms with Crippen LogP contribution in [-0.2, 0) is 17.6 Å². The molecule has 0 saturated carbocycles. The molecule has 6 aromatic carbocycles. The molecule has 52 heavy (non-hydrogen) atoms. The minimum absolute atomic E-state index is 0.179. The Morgan fingerprint density at radius 2 is 0.981 bits per heavy atom. The van der Waals surface area contributed by atoms with E-state index in [1.165, 1.54) is 38.9 Å². The van der Waals surface area contributed by atoms with Gasteiger partial charge in [-0.05, 0) is 185 Å². The van der Waals surface area contributed by atoms with Gasteiger partial charge in [0.15, 0.2) is 0 Å². The first-order valence-electron chi connectivity index (χ1n) is 18.2. The molecule has 0 aliphatic carbocycles. The first kappa shape index (κ1) is 36.2. The smallest absolute Gasteiger partial charge is 0.303 e. The van der Waals surface area contributed by atoms with Crippen LogP contribution in [0.4, 0.5) is 34.1 Å². The summed E-state index contributed by atoms with van der Waals surface area (Å²) in [4.78, 5) is 15.7. The van der Waals surface area contributed by atoms with Crippen LogP contribution in [0.1, 0.15) is 58.2 Å². The van der Waals surface area contributed by atoms with E-state index in [4.69, 9.17) is 12.0 Å². The number of nitrogens with zero attached hydrogens (tertiary/aromatic N) is 2. The molecule has 0 bridgehead atoms. The van der Waals surface area contributed by atoms with Gasteiger partial charge in [-0.25, -0.2) is 0 Å². The molecule has 0 fully saturated rings. The number of rotatable bonds is 13. The molecule has 0 aliphatic heterocycles. The number of aliphatic carboxylic acids is 1. The normalized spacial score (nSPS) is 11.0. The van der Waals surface area contributed by atoms with Crippen LogP contribution >= 0.6 is 0 Å². The van der Waals surface area contributed by atoms with Crippen LogP contribution in [0.25, 0.3) is 11.1 Å². The lowest BCUT2D eigenvalue weighted by molar-refractivity contribution is -0.137. The van der Waals surface area contributed by atoms with Crippen LogP contribution in [0.2, 0.25) is 0 Å². The van der Waals surface area contributed by atoms with Crippen molar-refractivity contribution >= 4 is 40.1 Å². The summed E-state index contributed by atoms with van der Waals surface area (Å²) < 4.78 is 0. The van der Waals surface area contributed by atoms with Gasteiger partial charge >= 0.3 is 5.97 Å². The van der Waals surface area contributed by atoms with Crippen molar-refractivity contribution in [3.8, 4) is 11.1 Å². The second-order valence-electron chi connectivity index (χ2n) is 13.9. The minimum atomic E-state index is -0.753. The van der Waals surface area contributed by atoms with Gasteiger partial charge in [-0.1, -0.05) is 60.2 Å². The molecule has 0 amide bonds. The summed E-state index contributed by atoms with van der Waals surface area (Å²) in [5, 5.41) is 9.07. The highest BCUT2D eigenvalue weighted by Crippen LogP contribution is 2.41. The molecule has 0 aliphatic rings. The zero-order valence-electron chi connectivity index (χ0n) is 31.0. The summed E-state index contributed by atoms with van der Waals surface area (Å²) in [6, 6.07) is 46.1. The number of carbonyl (C=O) groups is 1. The largest absolute Gasteiger partial charge is 0.481 e. The Morgan fingerprint density at radius 3 is 1.44 bits per heavy atom. The zero-order valence-corrected chi connectivity index (χ0v) is 31.0. The van der Waals surface area contributed by atoms with Crippen LogP contribution in [0.15, 0.2) is 127 Å². The summed E-state index contributed by atoms with van der Waals surface area (Å²) in [6.07, 6.45) is 3.05. The molecular formula is C48H48N2O2. The number of anilines is 6. The number of hydrogen-bond acceptors (Lipinski definition) is 3. The van der Waals surface area contributed by atoms with E-state index in [9.17, 15) is 4.79 Å². The van der Waals surface area contributed by atoms with Crippen LogP contribution in [0.3, 0.4) is 0 Å². The van der Waals surface area contributed by atoms with Crippen molar-refractivity contribution in [1.82, 2.24) is 0 Å². The summed E-state index contributed by atoms with van der Waals surface area (Å²) in [6.45, 7) is 16.6. The first-order valence-corrected chi connectivity index (χ1v) is 18.2. The Hall–Kier alpha value is -5.61. The zero-order chi connectivity index (χ0) is 36.8. The van der Waals surface area contributed by atoms with Gasteiger partial charge in [0.2, 0.25) is 0 Å².